The number of amides is 1. The van der Waals surface area contributed by atoms with Gasteiger partial charge in [-0.25, -0.2) is 0 Å². The molecule has 110 valence electrons. The number of benzene rings is 2. The molecule has 21 heavy (non-hydrogen) atoms. The molecule has 1 amide bonds. The number of hydrogen-bond donors (Lipinski definition) is 2. The maximum atomic E-state index is 12.0. The second-order valence-electron chi connectivity index (χ2n) is 4.86. The van der Waals surface area contributed by atoms with E-state index in [0.29, 0.717) is 5.75 Å². The molecule has 1 unspecified atom stereocenters. The van der Waals surface area contributed by atoms with Crippen LogP contribution in [0.3, 0.4) is 0 Å². The van der Waals surface area contributed by atoms with Crippen LogP contribution in [0.4, 0.5) is 5.69 Å². The highest BCUT2D eigenvalue weighted by molar-refractivity contribution is 9.10. The monoisotopic (exact) mass is 348 g/mol. The highest BCUT2D eigenvalue weighted by Gasteiger charge is 2.33. The van der Waals surface area contributed by atoms with Crippen LogP contribution in [0.5, 0.6) is 5.75 Å². The van der Waals surface area contributed by atoms with Crippen molar-refractivity contribution in [3.8, 4) is 5.75 Å². The minimum absolute atomic E-state index is 0.455. The fraction of sp³-hybridized carbons (Fsp3) is 0.188. The zero-order chi connectivity index (χ0) is 15.5. The molecule has 1 atom stereocenters. The standard InChI is InChI=1S/C16H17BrN2O2/c1-16(15(18)20,11-5-3-6-12(17)9-11)19-13-7-4-8-14(10-13)21-2/h3-10,19H,1-2H3,(H2,18,20). The molecule has 3 N–H and O–H groups in total. The smallest absolute Gasteiger partial charge is 0.247 e. The van der Waals surface area contributed by atoms with Gasteiger partial charge in [0.2, 0.25) is 5.91 Å². The molecule has 5 heteroatoms. The highest BCUT2D eigenvalue weighted by atomic mass is 79.9. The zero-order valence-electron chi connectivity index (χ0n) is 11.9. The van der Waals surface area contributed by atoms with Gasteiger partial charge in [-0.15, -0.1) is 0 Å². The van der Waals surface area contributed by atoms with Crippen LogP contribution in [-0.4, -0.2) is 13.0 Å². The summed E-state index contributed by atoms with van der Waals surface area (Å²) >= 11 is 3.41. The molecule has 0 aromatic heterocycles. The lowest BCUT2D eigenvalue weighted by atomic mass is 9.91. The highest BCUT2D eigenvalue weighted by Crippen LogP contribution is 2.29. The maximum Gasteiger partial charge on any atom is 0.247 e. The van der Waals surface area contributed by atoms with E-state index in [4.69, 9.17) is 10.5 Å². The van der Waals surface area contributed by atoms with Crippen LogP contribution in [0.15, 0.2) is 53.0 Å². The van der Waals surface area contributed by atoms with Crippen LogP contribution in [0, 0.1) is 0 Å². The van der Waals surface area contributed by atoms with Crippen molar-refractivity contribution in [3.63, 3.8) is 0 Å². The average molecular weight is 349 g/mol. The third-order valence-electron chi connectivity index (χ3n) is 3.36. The number of nitrogens with one attached hydrogen (secondary N) is 1. The molecule has 0 fully saturated rings. The first-order valence-corrected chi connectivity index (χ1v) is 7.23. The van der Waals surface area contributed by atoms with E-state index in [-0.39, 0.29) is 0 Å². The molecule has 0 spiro atoms. The van der Waals surface area contributed by atoms with E-state index in [2.05, 4.69) is 21.2 Å². The summed E-state index contributed by atoms with van der Waals surface area (Å²) in [6.07, 6.45) is 0. The number of carbonyl (C=O) groups excluding carboxylic acids is 1. The summed E-state index contributed by atoms with van der Waals surface area (Å²) in [5.41, 5.74) is 6.15. The van der Waals surface area contributed by atoms with E-state index in [0.717, 1.165) is 15.7 Å². The van der Waals surface area contributed by atoms with Gasteiger partial charge in [0.25, 0.3) is 0 Å². The summed E-state index contributed by atoms with van der Waals surface area (Å²) in [6.45, 7) is 1.76. The summed E-state index contributed by atoms with van der Waals surface area (Å²) in [5.74, 6) is 0.254. The van der Waals surface area contributed by atoms with Crippen LogP contribution >= 0.6 is 15.9 Å². The molecule has 2 aromatic carbocycles. The Morgan fingerprint density at radius 3 is 2.57 bits per heavy atom. The number of anilines is 1. The fourth-order valence-electron chi connectivity index (χ4n) is 2.07. The number of hydrogen-bond acceptors (Lipinski definition) is 3. The van der Waals surface area contributed by atoms with Crippen LogP contribution in [0.25, 0.3) is 0 Å². The van der Waals surface area contributed by atoms with Gasteiger partial charge in [-0.3, -0.25) is 4.79 Å². The third-order valence-corrected chi connectivity index (χ3v) is 3.85. The Kier molecular flexibility index (Phi) is 4.53. The molecule has 2 aromatic rings. The third kappa shape index (κ3) is 3.36. The van der Waals surface area contributed by atoms with Gasteiger partial charge in [-0.05, 0) is 36.8 Å². The molecule has 0 bridgehead atoms. The normalized spacial score (nSPS) is 13.3. The summed E-state index contributed by atoms with van der Waals surface area (Å²) in [4.78, 5) is 12.0. The van der Waals surface area contributed by atoms with E-state index >= 15 is 0 Å². The topological polar surface area (TPSA) is 64.3 Å². The van der Waals surface area contributed by atoms with Gasteiger partial charge in [0.05, 0.1) is 7.11 Å². The van der Waals surface area contributed by atoms with Crippen molar-refractivity contribution in [2.75, 3.05) is 12.4 Å². The molecule has 0 saturated heterocycles. The van der Waals surface area contributed by atoms with Crippen molar-refractivity contribution in [2.24, 2.45) is 5.73 Å². The number of nitrogens with two attached hydrogens (primary N) is 1. The molecular weight excluding hydrogens is 332 g/mol. The fourth-order valence-corrected chi connectivity index (χ4v) is 2.46. The van der Waals surface area contributed by atoms with Gasteiger partial charge < -0.3 is 15.8 Å². The first kappa shape index (κ1) is 15.4. The molecule has 0 aliphatic carbocycles. The number of carbonyl (C=O) groups is 1. The first-order valence-electron chi connectivity index (χ1n) is 6.44. The lowest BCUT2D eigenvalue weighted by Gasteiger charge is -2.29. The van der Waals surface area contributed by atoms with Gasteiger partial charge in [0, 0.05) is 16.2 Å². The second-order valence-corrected chi connectivity index (χ2v) is 5.77. The summed E-state index contributed by atoms with van der Waals surface area (Å²) in [6, 6.07) is 14.9. The predicted molar refractivity (Wildman–Crippen MR) is 87.3 cm³/mol. The molecule has 2 rings (SSSR count). The van der Waals surface area contributed by atoms with Crippen LogP contribution < -0.4 is 15.8 Å². The van der Waals surface area contributed by atoms with Crippen LogP contribution in [0.1, 0.15) is 12.5 Å². The molecule has 0 saturated carbocycles. The number of rotatable bonds is 5. The molecular formula is C16H17BrN2O2. The molecule has 0 aliphatic rings. The summed E-state index contributed by atoms with van der Waals surface area (Å²) in [5, 5.41) is 3.20. The molecule has 0 heterocycles. The van der Waals surface area contributed by atoms with E-state index in [9.17, 15) is 4.79 Å². The maximum absolute atomic E-state index is 12.0. The average Bonchev–Trinajstić information content (AvgIpc) is 2.47. The van der Waals surface area contributed by atoms with E-state index in [1.54, 1.807) is 14.0 Å². The number of ether oxygens (including phenoxy) is 1. The van der Waals surface area contributed by atoms with E-state index < -0.39 is 11.4 Å². The van der Waals surface area contributed by atoms with Gasteiger partial charge in [-0.2, -0.15) is 0 Å². The lowest BCUT2D eigenvalue weighted by molar-refractivity contribution is -0.122. The van der Waals surface area contributed by atoms with Crippen molar-refractivity contribution < 1.29 is 9.53 Å². The molecule has 4 nitrogen and oxygen atoms in total. The number of halogens is 1. The minimum Gasteiger partial charge on any atom is -0.497 e. The second kappa shape index (κ2) is 6.18. The Labute approximate surface area is 132 Å². The van der Waals surface area contributed by atoms with Gasteiger partial charge in [0.15, 0.2) is 0 Å². The lowest BCUT2D eigenvalue weighted by Crippen LogP contribution is -2.45. The Hall–Kier alpha value is -2.01. The van der Waals surface area contributed by atoms with E-state index in [1.165, 1.54) is 0 Å². The predicted octanol–water partition coefficient (Wildman–Crippen LogP) is 3.27. The van der Waals surface area contributed by atoms with E-state index in [1.807, 2.05) is 48.5 Å². The Balaban J connectivity index is 2.40. The SMILES string of the molecule is COc1cccc(NC(C)(C(N)=O)c2cccc(Br)c2)c1. The summed E-state index contributed by atoms with van der Waals surface area (Å²) in [7, 11) is 1.60. The van der Waals surface area contributed by atoms with Crippen molar-refractivity contribution in [3.05, 3.63) is 58.6 Å². The van der Waals surface area contributed by atoms with Crippen molar-refractivity contribution in [1.82, 2.24) is 0 Å². The largest absolute Gasteiger partial charge is 0.497 e. The van der Waals surface area contributed by atoms with Crippen molar-refractivity contribution in [1.29, 1.82) is 0 Å². The molecule has 0 aliphatic heterocycles. The number of primary amides is 1. The minimum atomic E-state index is -1.02. The quantitative estimate of drug-likeness (QED) is 0.871. The Morgan fingerprint density at radius 1 is 1.24 bits per heavy atom. The van der Waals surface area contributed by atoms with Crippen molar-refractivity contribution in [2.45, 2.75) is 12.5 Å². The van der Waals surface area contributed by atoms with Gasteiger partial charge >= 0.3 is 0 Å². The number of methoxy groups -OCH3 is 1. The Bertz CT molecular complexity index is 660. The first-order chi connectivity index (χ1) is 9.95. The summed E-state index contributed by atoms with van der Waals surface area (Å²) < 4.78 is 6.08. The van der Waals surface area contributed by atoms with Gasteiger partial charge in [0.1, 0.15) is 11.3 Å². The van der Waals surface area contributed by atoms with Crippen molar-refractivity contribution >= 4 is 27.5 Å². The van der Waals surface area contributed by atoms with Crippen LogP contribution in [-0.2, 0) is 10.3 Å². The molecule has 0 radical (unpaired) electrons. The van der Waals surface area contributed by atoms with Crippen LogP contribution in [0.2, 0.25) is 0 Å². The zero-order valence-corrected chi connectivity index (χ0v) is 13.5. The van der Waals surface area contributed by atoms with Gasteiger partial charge in [-0.1, -0.05) is 34.1 Å². The Morgan fingerprint density at radius 2 is 1.95 bits per heavy atom.